The number of anilines is 1. The van der Waals surface area contributed by atoms with Crippen LogP contribution in [0.5, 0.6) is 0 Å². The van der Waals surface area contributed by atoms with E-state index >= 15 is 0 Å². The molecule has 0 spiro atoms. The molecule has 3 rings (SSSR count). The SMILES string of the molecule is Cc1ccccc1N1CCc2ccccc2C1P(=O)(O)O. The average Bonchev–Trinajstić information content (AvgIpc) is 2.45. The fraction of sp³-hybridized carbons (Fsp3) is 0.250. The van der Waals surface area contributed by atoms with Gasteiger partial charge in [0.2, 0.25) is 0 Å². The van der Waals surface area contributed by atoms with E-state index in [2.05, 4.69) is 0 Å². The Balaban J connectivity index is 2.15. The van der Waals surface area contributed by atoms with Gasteiger partial charge in [0.1, 0.15) is 0 Å². The molecule has 0 aromatic heterocycles. The molecule has 5 heteroatoms. The lowest BCUT2D eigenvalue weighted by molar-refractivity contribution is 0.354. The van der Waals surface area contributed by atoms with Crippen molar-refractivity contribution in [1.29, 1.82) is 0 Å². The molecule has 2 aromatic rings. The quantitative estimate of drug-likeness (QED) is 0.836. The summed E-state index contributed by atoms with van der Waals surface area (Å²) in [4.78, 5) is 21.6. The van der Waals surface area contributed by atoms with E-state index in [1.165, 1.54) is 0 Å². The zero-order valence-corrected chi connectivity index (χ0v) is 12.7. The molecule has 1 aliphatic heterocycles. The number of fused-ring (bicyclic) bond motifs is 1. The number of hydrogen-bond acceptors (Lipinski definition) is 2. The van der Waals surface area contributed by atoms with Crippen LogP contribution in [0.15, 0.2) is 48.5 Å². The van der Waals surface area contributed by atoms with Gasteiger partial charge >= 0.3 is 7.60 Å². The third-order valence-electron chi connectivity index (χ3n) is 3.99. The van der Waals surface area contributed by atoms with E-state index < -0.39 is 13.4 Å². The van der Waals surface area contributed by atoms with Crippen LogP contribution < -0.4 is 4.90 Å². The second kappa shape index (κ2) is 5.30. The van der Waals surface area contributed by atoms with E-state index in [9.17, 15) is 14.4 Å². The van der Waals surface area contributed by atoms with Gasteiger partial charge < -0.3 is 14.7 Å². The molecule has 0 saturated carbocycles. The Labute approximate surface area is 124 Å². The smallest absolute Gasteiger partial charge is 0.352 e. The van der Waals surface area contributed by atoms with E-state index in [1.807, 2.05) is 60.4 Å². The number of benzene rings is 2. The molecule has 0 radical (unpaired) electrons. The molecule has 0 bridgehead atoms. The molecule has 2 aromatic carbocycles. The summed E-state index contributed by atoms with van der Waals surface area (Å²) in [6, 6.07) is 15.2. The van der Waals surface area contributed by atoms with Crippen molar-refractivity contribution in [1.82, 2.24) is 0 Å². The number of para-hydroxylation sites is 1. The van der Waals surface area contributed by atoms with Gasteiger partial charge in [-0.2, -0.15) is 0 Å². The minimum absolute atomic E-state index is 0.609. The summed E-state index contributed by atoms with van der Waals surface area (Å²) in [7, 11) is -4.29. The molecule has 1 atom stereocenters. The van der Waals surface area contributed by atoms with E-state index in [0.717, 1.165) is 28.8 Å². The predicted molar refractivity (Wildman–Crippen MR) is 83.5 cm³/mol. The molecule has 1 heterocycles. The highest BCUT2D eigenvalue weighted by molar-refractivity contribution is 7.52. The molecule has 1 unspecified atom stereocenters. The minimum Gasteiger partial charge on any atom is -0.353 e. The highest BCUT2D eigenvalue weighted by Gasteiger charge is 2.40. The third kappa shape index (κ3) is 2.62. The molecule has 4 nitrogen and oxygen atoms in total. The first-order chi connectivity index (χ1) is 9.98. The van der Waals surface area contributed by atoms with Crippen molar-refractivity contribution < 1.29 is 14.4 Å². The van der Waals surface area contributed by atoms with Gasteiger partial charge in [0.25, 0.3) is 0 Å². The molecule has 0 saturated heterocycles. The zero-order chi connectivity index (χ0) is 15.0. The fourth-order valence-corrected chi connectivity index (χ4v) is 4.26. The Morgan fingerprint density at radius 2 is 1.76 bits per heavy atom. The highest BCUT2D eigenvalue weighted by atomic mass is 31.2. The van der Waals surface area contributed by atoms with Crippen LogP contribution in [-0.4, -0.2) is 16.3 Å². The number of aryl methyl sites for hydroxylation is 1. The normalized spacial score (nSPS) is 18.4. The molecule has 0 fully saturated rings. The Kier molecular flexibility index (Phi) is 3.62. The van der Waals surface area contributed by atoms with Crippen LogP contribution in [0, 0.1) is 6.92 Å². The molecular weight excluding hydrogens is 285 g/mol. The van der Waals surface area contributed by atoms with Gasteiger partial charge in [0.15, 0.2) is 5.78 Å². The summed E-state index contributed by atoms with van der Waals surface area (Å²) >= 11 is 0. The van der Waals surface area contributed by atoms with E-state index in [1.54, 1.807) is 0 Å². The van der Waals surface area contributed by atoms with Gasteiger partial charge in [-0.25, -0.2) is 0 Å². The average molecular weight is 303 g/mol. The van der Waals surface area contributed by atoms with E-state index in [0.29, 0.717) is 6.54 Å². The summed E-state index contributed by atoms with van der Waals surface area (Å²) in [6.07, 6.45) is 0.793. The van der Waals surface area contributed by atoms with Gasteiger partial charge in [-0.05, 0) is 36.1 Å². The van der Waals surface area contributed by atoms with Gasteiger partial charge in [-0.3, -0.25) is 4.57 Å². The molecular formula is C16H18NO3P. The van der Waals surface area contributed by atoms with Crippen LogP contribution in [0.3, 0.4) is 0 Å². The van der Waals surface area contributed by atoms with Gasteiger partial charge in [-0.15, -0.1) is 0 Å². The van der Waals surface area contributed by atoms with Crippen LogP contribution in [0.2, 0.25) is 0 Å². The van der Waals surface area contributed by atoms with Crippen molar-refractivity contribution in [3.8, 4) is 0 Å². The summed E-state index contributed by atoms with van der Waals surface area (Å²) in [5, 5.41) is 0. The van der Waals surface area contributed by atoms with E-state index in [-0.39, 0.29) is 0 Å². The number of hydrogen-bond donors (Lipinski definition) is 2. The monoisotopic (exact) mass is 303 g/mol. The second-order valence-corrected chi connectivity index (χ2v) is 7.06. The van der Waals surface area contributed by atoms with Crippen molar-refractivity contribution in [2.24, 2.45) is 0 Å². The topological polar surface area (TPSA) is 60.8 Å². The van der Waals surface area contributed by atoms with Crippen molar-refractivity contribution in [2.75, 3.05) is 11.4 Å². The molecule has 110 valence electrons. The van der Waals surface area contributed by atoms with Crippen molar-refractivity contribution in [2.45, 2.75) is 19.1 Å². The summed E-state index contributed by atoms with van der Waals surface area (Å²) < 4.78 is 12.1. The maximum atomic E-state index is 12.1. The summed E-state index contributed by atoms with van der Waals surface area (Å²) in [5.41, 5.74) is 3.67. The zero-order valence-electron chi connectivity index (χ0n) is 11.8. The number of rotatable bonds is 2. The second-order valence-electron chi connectivity index (χ2n) is 5.39. The summed E-state index contributed by atoms with van der Waals surface area (Å²) in [6.45, 7) is 2.57. The minimum atomic E-state index is -4.29. The molecule has 0 aliphatic carbocycles. The Morgan fingerprint density at radius 1 is 1.10 bits per heavy atom. The molecule has 0 amide bonds. The van der Waals surface area contributed by atoms with Crippen LogP contribution in [0.25, 0.3) is 0 Å². The standard InChI is InChI=1S/C16H18NO3P/c1-12-6-2-5-9-15(12)17-11-10-13-7-3-4-8-14(13)16(17)21(18,19)20/h2-9,16H,10-11H2,1H3,(H2,18,19,20). The predicted octanol–water partition coefficient (Wildman–Crippen LogP) is 3.23. The first-order valence-corrected chi connectivity index (χ1v) is 8.62. The Bertz CT molecular complexity index is 710. The maximum absolute atomic E-state index is 12.1. The summed E-state index contributed by atoms with van der Waals surface area (Å²) in [5.74, 6) is -0.899. The fourth-order valence-electron chi connectivity index (χ4n) is 3.05. The highest BCUT2D eigenvalue weighted by Crippen LogP contribution is 2.57. The van der Waals surface area contributed by atoms with Gasteiger partial charge in [0.05, 0.1) is 0 Å². The largest absolute Gasteiger partial charge is 0.353 e. The lowest BCUT2D eigenvalue weighted by atomic mass is 9.98. The lowest BCUT2D eigenvalue weighted by Crippen LogP contribution is -2.35. The van der Waals surface area contributed by atoms with Crippen molar-refractivity contribution in [3.63, 3.8) is 0 Å². The van der Waals surface area contributed by atoms with Gasteiger partial charge in [0, 0.05) is 12.2 Å². The van der Waals surface area contributed by atoms with Crippen LogP contribution in [-0.2, 0) is 11.0 Å². The lowest BCUT2D eigenvalue weighted by Gasteiger charge is -2.39. The number of nitrogens with zero attached hydrogens (tertiary/aromatic N) is 1. The van der Waals surface area contributed by atoms with Crippen LogP contribution in [0.4, 0.5) is 5.69 Å². The Morgan fingerprint density at radius 3 is 2.48 bits per heavy atom. The first-order valence-electron chi connectivity index (χ1n) is 6.94. The molecule has 21 heavy (non-hydrogen) atoms. The third-order valence-corrected chi connectivity index (χ3v) is 5.19. The van der Waals surface area contributed by atoms with Crippen molar-refractivity contribution in [3.05, 3.63) is 65.2 Å². The van der Waals surface area contributed by atoms with Crippen LogP contribution >= 0.6 is 7.60 Å². The van der Waals surface area contributed by atoms with Gasteiger partial charge in [-0.1, -0.05) is 42.5 Å². The molecule has 1 aliphatic rings. The molecule has 2 N–H and O–H groups in total. The maximum Gasteiger partial charge on any atom is 0.352 e. The Hall–Kier alpha value is -1.61. The van der Waals surface area contributed by atoms with Crippen LogP contribution in [0.1, 0.15) is 22.5 Å². The van der Waals surface area contributed by atoms with Crippen molar-refractivity contribution >= 4 is 13.3 Å². The first kappa shape index (κ1) is 14.3. The van der Waals surface area contributed by atoms with E-state index in [4.69, 9.17) is 0 Å².